The zero-order valence-electron chi connectivity index (χ0n) is 10.4. The van der Waals surface area contributed by atoms with Gasteiger partial charge < -0.3 is 9.64 Å². The topological polar surface area (TPSA) is 29.5 Å². The van der Waals surface area contributed by atoms with Crippen LogP contribution in [-0.4, -0.2) is 30.2 Å². The lowest BCUT2D eigenvalue weighted by Crippen LogP contribution is -2.38. The standard InChI is InChI=1S/C12H23NO2/c1-5-15-11(14)13-8-6-7-10(13)9-12(2,3)4/h10H,5-9H2,1-4H3. The molecule has 1 unspecified atom stereocenters. The lowest BCUT2D eigenvalue weighted by molar-refractivity contribution is 0.0948. The highest BCUT2D eigenvalue weighted by atomic mass is 16.6. The van der Waals surface area contributed by atoms with E-state index in [1.54, 1.807) is 0 Å². The predicted octanol–water partition coefficient (Wildman–Crippen LogP) is 3.04. The van der Waals surface area contributed by atoms with Gasteiger partial charge in [-0.15, -0.1) is 0 Å². The molecule has 1 fully saturated rings. The Morgan fingerprint density at radius 2 is 2.13 bits per heavy atom. The summed E-state index contributed by atoms with van der Waals surface area (Å²) in [7, 11) is 0. The van der Waals surface area contributed by atoms with Crippen molar-refractivity contribution in [2.75, 3.05) is 13.2 Å². The summed E-state index contributed by atoms with van der Waals surface area (Å²) >= 11 is 0. The van der Waals surface area contributed by atoms with Gasteiger partial charge in [-0.1, -0.05) is 20.8 Å². The van der Waals surface area contributed by atoms with Gasteiger partial charge in [0.2, 0.25) is 0 Å². The number of rotatable bonds is 2. The summed E-state index contributed by atoms with van der Waals surface area (Å²) in [6.07, 6.45) is 3.16. The van der Waals surface area contributed by atoms with E-state index in [0.29, 0.717) is 12.6 Å². The van der Waals surface area contributed by atoms with Crippen LogP contribution in [-0.2, 0) is 4.74 Å². The van der Waals surface area contributed by atoms with Crippen molar-refractivity contribution in [3.8, 4) is 0 Å². The van der Waals surface area contributed by atoms with Crippen LogP contribution in [0.4, 0.5) is 4.79 Å². The van der Waals surface area contributed by atoms with Crippen molar-refractivity contribution in [3.63, 3.8) is 0 Å². The zero-order chi connectivity index (χ0) is 11.5. The van der Waals surface area contributed by atoms with Crippen molar-refractivity contribution in [1.82, 2.24) is 4.90 Å². The van der Waals surface area contributed by atoms with Crippen LogP contribution >= 0.6 is 0 Å². The second-order valence-corrected chi connectivity index (χ2v) is 5.45. The minimum atomic E-state index is -0.135. The van der Waals surface area contributed by atoms with Crippen LogP contribution in [0.15, 0.2) is 0 Å². The van der Waals surface area contributed by atoms with Crippen molar-refractivity contribution in [1.29, 1.82) is 0 Å². The molecule has 1 aliphatic heterocycles. The van der Waals surface area contributed by atoms with Gasteiger partial charge in [0, 0.05) is 12.6 Å². The van der Waals surface area contributed by atoms with E-state index in [1.807, 2.05) is 11.8 Å². The van der Waals surface area contributed by atoms with E-state index in [4.69, 9.17) is 4.74 Å². The number of hydrogen-bond donors (Lipinski definition) is 0. The average Bonchev–Trinajstić information content (AvgIpc) is 2.49. The molecular weight excluding hydrogens is 190 g/mol. The first kappa shape index (κ1) is 12.3. The molecule has 1 aliphatic rings. The Kier molecular flexibility index (Phi) is 4.00. The van der Waals surface area contributed by atoms with E-state index < -0.39 is 0 Å². The molecule has 3 nitrogen and oxygen atoms in total. The van der Waals surface area contributed by atoms with Gasteiger partial charge in [-0.3, -0.25) is 0 Å². The van der Waals surface area contributed by atoms with Crippen LogP contribution in [0.5, 0.6) is 0 Å². The molecule has 3 heteroatoms. The molecule has 0 aliphatic carbocycles. The van der Waals surface area contributed by atoms with E-state index in [1.165, 1.54) is 0 Å². The van der Waals surface area contributed by atoms with E-state index in [2.05, 4.69) is 20.8 Å². The van der Waals surface area contributed by atoms with Gasteiger partial charge in [0.15, 0.2) is 0 Å². The number of carbonyl (C=O) groups is 1. The summed E-state index contributed by atoms with van der Waals surface area (Å²) in [6, 6.07) is 0.379. The molecule has 0 aromatic carbocycles. The zero-order valence-corrected chi connectivity index (χ0v) is 10.4. The first-order valence-electron chi connectivity index (χ1n) is 5.87. The quantitative estimate of drug-likeness (QED) is 0.705. The normalized spacial score (nSPS) is 21.9. The number of amides is 1. The van der Waals surface area contributed by atoms with Crippen LogP contribution in [0, 0.1) is 5.41 Å². The molecule has 0 bridgehead atoms. The minimum Gasteiger partial charge on any atom is -0.450 e. The third kappa shape index (κ3) is 3.73. The Morgan fingerprint density at radius 3 is 2.67 bits per heavy atom. The first-order chi connectivity index (χ1) is 6.94. The molecule has 0 spiro atoms. The largest absolute Gasteiger partial charge is 0.450 e. The Bertz CT molecular complexity index is 220. The molecule has 0 radical (unpaired) electrons. The van der Waals surface area contributed by atoms with Crippen molar-refractivity contribution in [2.24, 2.45) is 5.41 Å². The fraction of sp³-hybridized carbons (Fsp3) is 0.917. The molecule has 1 heterocycles. The molecule has 1 atom stereocenters. The third-order valence-corrected chi connectivity index (χ3v) is 2.73. The van der Waals surface area contributed by atoms with E-state index in [-0.39, 0.29) is 11.5 Å². The van der Waals surface area contributed by atoms with Crippen molar-refractivity contribution < 1.29 is 9.53 Å². The smallest absolute Gasteiger partial charge is 0.409 e. The average molecular weight is 213 g/mol. The van der Waals surface area contributed by atoms with Gasteiger partial charge in [0.1, 0.15) is 0 Å². The second-order valence-electron chi connectivity index (χ2n) is 5.45. The highest BCUT2D eigenvalue weighted by molar-refractivity contribution is 5.68. The molecule has 0 aromatic rings. The van der Waals surface area contributed by atoms with Crippen LogP contribution in [0.25, 0.3) is 0 Å². The molecule has 15 heavy (non-hydrogen) atoms. The number of nitrogens with zero attached hydrogens (tertiary/aromatic N) is 1. The maximum atomic E-state index is 11.6. The molecular formula is C12H23NO2. The second kappa shape index (κ2) is 4.86. The van der Waals surface area contributed by atoms with E-state index in [0.717, 1.165) is 25.8 Å². The fourth-order valence-electron chi connectivity index (χ4n) is 2.20. The Labute approximate surface area is 92.8 Å². The lowest BCUT2D eigenvalue weighted by atomic mass is 9.87. The van der Waals surface area contributed by atoms with Gasteiger partial charge in [-0.25, -0.2) is 4.79 Å². The van der Waals surface area contributed by atoms with Crippen molar-refractivity contribution >= 4 is 6.09 Å². The van der Waals surface area contributed by atoms with Gasteiger partial charge >= 0.3 is 6.09 Å². The van der Waals surface area contributed by atoms with Gasteiger partial charge in [0.05, 0.1) is 6.61 Å². The van der Waals surface area contributed by atoms with E-state index >= 15 is 0 Å². The Balaban J connectivity index is 2.53. The molecule has 1 saturated heterocycles. The summed E-state index contributed by atoms with van der Waals surface area (Å²) in [6.45, 7) is 9.84. The molecule has 1 amide bonds. The number of likely N-dealkylation sites (tertiary alicyclic amines) is 1. The third-order valence-electron chi connectivity index (χ3n) is 2.73. The Hall–Kier alpha value is -0.730. The monoisotopic (exact) mass is 213 g/mol. The van der Waals surface area contributed by atoms with E-state index in [9.17, 15) is 4.79 Å². The number of carbonyl (C=O) groups excluding carboxylic acids is 1. The molecule has 0 aromatic heterocycles. The minimum absolute atomic E-state index is 0.135. The molecule has 88 valence electrons. The van der Waals surface area contributed by atoms with Crippen LogP contribution < -0.4 is 0 Å². The maximum Gasteiger partial charge on any atom is 0.409 e. The van der Waals surface area contributed by atoms with Gasteiger partial charge in [-0.2, -0.15) is 0 Å². The van der Waals surface area contributed by atoms with Crippen molar-refractivity contribution in [3.05, 3.63) is 0 Å². The van der Waals surface area contributed by atoms with Crippen LogP contribution in [0.2, 0.25) is 0 Å². The number of ether oxygens (including phenoxy) is 1. The van der Waals surface area contributed by atoms with Crippen molar-refractivity contribution in [2.45, 2.75) is 53.0 Å². The van der Waals surface area contributed by atoms with Crippen LogP contribution in [0.1, 0.15) is 47.0 Å². The lowest BCUT2D eigenvalue weighted by Gasteiger charge is -2.29. The summed E-state index contributed by atoms with van der Waals surface area (Å²) in [5.74, 6) is 0. The first-order valence-corrected chi connectivity index (χ1v) is 5.87. The fourth-order valence-corrected chi connectivity index (χ4v) is 2.20. The van der Waals surface area contributed by atoms with Gasteiger partial charge in [-0.05, 0) is 31.6 Å². The van der Waals surface area contributed by atoms with Gasteiger partial charge in [0.25, 0.3) is 0 Å². The SMILES string of the molecule is CCOC(=O)N1CCCC1CC(C)(C)C. The molecule has 0 N–H and O–H groups in total. The molecule has 0 saturated carbocycles. The summed E-state index contributed by atoms with van der Waals surface area (Å²) in [5.41, 5.74) is 0.278. The predicted molar refractivity (Wildman–Crippen MR) is 60.8 cm³/mol. The number of hydrogen-bond acceptors (Lipinski definition) is 2. The van der Waals surface area contributed by atoms with Crippen LogP contribution in [0.3, 0.4) is 0 Å². The molecule has 1 rings (SSSR count). The highest BCUT2D eigenvalue weighted by Crippen LogP contribution is 2.30. The highest BCUT2D eigenvalue weighted by Gasteiger charge is 2.32. The summed E-state index contributed by atoms with van der Waals surface area (Å²) in [4.78, 5) is 13.5. The Morgan fingerprint density at radius 1 is 1.47 bits per heavy atom. The summed E-state index contributed by atoms with van der Waals surface area (Å²) in [5, 5.41) is 0. The maximum absolute atomic E-state index is 11.6. The summed E-state index contributed by atoms with van der Waals surface area (Å²) < 4.78 is 5.06.